The molecule has 0 aliphatic carbocycles. The van der Waals surface area contributed by atoms with Crippen molar-refractivity contribution in [2.75, 3.05) is 13.1 Å². The fourth-order valence-electron chi connectivity index (χ4n) is 3.43. The molecule has 0 spiro atoms. The Morgan fingerprint density at radius 1 is 1.33 bits per heavy atom. The molecule has 0 saturated carbocycles. The van der Waals surface area contributed by atoms with Gasteiger partial charge in [0.1, 0.15) is 12.1 Å². The third kappa shape index (κ3) is 6.55. The van der Waals surface area contributed by atoms with E-state index < -0.39 is 41.8 Å². The Kier molecular flexibility index (Phi) is 8.34. The maximum absolute atomic E-state index is 12.7. The number of carboxylic acid groups (broad SMARTS) is 1. The van der Waals surface area contributed by atoms with Crippen molar-refractivity contribution < 1.29 is 24.3 Å². The quantitative estimate of drug-likeness (QED) is 0.322. The second-order valence-electron chi connectivity index (χ2n) is 7.88. The van der Waals surface area contributed by atoms with Gasteiger partial charge < -0.3 is 31.4 Å². The number of aliphatic carboxylic acids is 1. The smallest absolute Gasteiger partial charge is 0.326 e. The van der Waals surface area contributed by atoms with Crippen LogP contribution in [-0.4, -0.2) is 74.9 Å². The third-order valence-electron chi connectivity index (χ3n) is 4.95. The zero-order valence-electron chi connectivity index (χ0n) is 17.3. The van der Waals surface area contributed by atoms with Crippen LogP contribution in [0.1, 0.15) is 38.8 Å². The molecule has 1 fully saturated rings. The topological polar surface area (TPSA) is 171 Å². The molecule has 3 amide bonds. The Hall–Kier alpha value is -2.95. The fraction of sp³-hybridized carbons (Fsp3) is 0.632. The lowest BCUT2D eigenvalue weighted by molar-refractivity contribution is -0.148. The summed E-state index contributed by atoms with van der Waals surface area (Å²) in [5.74, 6) is -2.34. The number of carbonyl (C=O) groups is 4. The van der Waals surface area contributed by atoms with Gasteiger partial charge in [0.25, 0.3) is 0 Å². The zero-order chi connectivity index (χ0) is 22.3. The molecule has 6 N–H and O–H groups in total. The van der Waals surface area contributed by atoms with E-state index >= 15 is 0 Å². The van der Waals surface area contributed by atoms with Crippen molar-refractivity contribution in [2.45, 2.75) is 57.7 Å². The van der Waals surface area contributed by atoms with Gasteiger partial charge in [0.15, 0.2) is 0 Å². The van der Waals surface area contributed by atoms with Gasteiger partial charge in [-0.3, -0.25) is 14.4 Å². The van der Waals surface area contributed by atoms with Gasteiger partial charge in [0.05, 0.1) is 18.9 Å². The molecule has 1 saturated heterocycles. The molecule has 11 heteroatoms. The van der Waals surface area contributed by atoms with Crippen molar-refractivity contribution in [2.24, 2.45) is 11.7 Å². The first-order valence-corrected chi connectivity index (χ1v) is 10.0. The van der Waals surface area contributed by atoms with E-state index in [0.29, 0.717) is 31.5 Å². The minimum Gasteiger partial charge on any atom is -0.480 e. The Balaban J connectivity index is 1.98. The number of aromatic nitrogens is 2. The molecule has 1 aromatic heterocycles. The second kappa shape index (κ2) is 10.7. The normalized spacial score (nSPS) is 18.1. The molecule has 0 radical (unpaired) electrons. The van der Waals surface area contributed by atoms with Crippen molar-refractivity contribution in [3.8, 4) is 0 Å². The highest BCUT2D eigenvalue weighted by Gasteiger charge is 2.34. The van der Waals surface area contributed by atoms with Crippen LogP contribution >= 0.6 is 0 Å². The number of amides is 3. The van der Waals surface area contributed by atoms with E-state index in [9.17, 15) is 24.3 Å². The first-order chi connectivity index (χ1) is 14.2. The number of aromatic amines is 1. The first kappa shape index (κ1) is 23.3. The maximum Gasteiger partial charge on any atom is 0.326 e. The Bertz CT molecular complexity index is 751. The van der Waals surface area contributed by atoms with Gasteiger partial charge in [-0.25, -0.2) is 9.78 Å². The molecule has 1 aliphatic heterocycles. The van der Waals surface area contributed by atoms with E-state index in [-0.39, 0.29) is 18.9 Å². The SMILES string of the molecule is CC(C)CC(N)C(=O)NC(Cc1cnc[nH]1)C(=O)NCC(=O)N1CCCC1C(=O)O. The fourth-order valence-corrected chi connectivity index (χ4v) is 3.43. The van der Waals surface area contributed by atoms with Crippen molar-refractivity contribution in [3.05, 3.63) is 18.2 Å². The molecule has 1 aromatic rings. The highest BCUT2D eigenvalue weighted by atomic mass is 16.4. The van der Waals surface area contributed by atoms with Crippen LogP contribution in [0.3, 0.4) is 0 Å². The molecule has 2 heterocycles. The maximum atomic E-state index is 12.7. The van der Waals surface area contributed by atoms with Crippen LogP contribution in [0.25, 0.3) is 0 Å². The van der Waals surface area contributed by atoms with Crippen LogP contribution < -0.4 is 16.4 Å². The Morgan fingerprint density at radius 2 is 2.07 bits per heavy atom. The van der Waals surface area contributed by atoms with Gasteiger partial charge in [-0.1, -0.05) is 13.8 Å². The Labute approximate surface area is 174 Å². The monoisotopic (exact) mass is 422 g/mol. The summed E-state index contributed by atoms with van der Waals surface area (Å²) in [6.45, 7) is 3.87. The number of nitrogens with one attached hydrogen (secondary N) is 3. The minimum absolute atomic E-state index is 0.141. The average Bonchev–Trinajstić information content (AvgIpc) is 3.36. The van der Waals surface area contributed by atoms with Crippen LogP contribution in [0.15, 0.2) is 12.5 Å². The predicted molar refractivity (Wildman–Crippen MR) is 107 cm³/mol. The van der Waals surface area contributed by atoms with Gasteiger partial charge in [-0.2, -0.15) is 0 Å². The number of H-pyrrole nitrogens is 1. The molecule has 166 valence electrons. The molecule has 0 aromatic carbocycles. The van der Waals surface area contributed by atoms with Crippen molar-refractivity contribution in [1.29, 1.82) is 0 Å². The lowest BCUT2D eigenvalue weighted by atomic mass is 10.0. The Morgan fingerprint density at radius 3 is 2.67 bits per heavy atom. The lowest BCUT2D eigenvalue weighted by Crippen LogP contribution is -2.54. The summed E-state index contributed by atoms with van der Waals surface area (Å²) in [7, 11) is 0. The number of imidazole rings is 1. The number of nitrogens with two attached hydrogens (primary N) is 1. The van der Waals surface area contributed by atoms with E-state index in [1.165, 1.54) is 17.4 Å². The van der Waals surface area contributed by atoms with Gasteiger partial charge in [-0.15, -0.1) is 0 Å². The lowest BCUT2D eigenvalue weighted by Gasteiger charge is -2.23. The molecule has 3 unspecified atom stereocenters. The zero-order valence-corrected chi connectivity index (χ0v) is 17.3. The summed E-state index contributed by atoms with van der Waals surface area (Å²) >= 11 is 0. The summed E-state index contributed by atoms with van der Waals surface area (Å²) in [6, 6.07) is -2.59. The third-order valence-corrected chi connectivity index (χ3v) is 4.95. The molecule has 2 rings (SSSR count). The number of nitrogens with zero attached hydrogens (tertiary/aromatic N) is 2. The van der Waals surface area contributed by atoms with Gasteiger partial charge in [0, 0.05) is 24.9 Å². The van der Waals surface area contributed by atoms with Crippen molar-refractivity contribution in [3.63, 3.8) is 0 Å². The molecule has 11 nitrogen and oxygen atoms in total. The molecule has 0 bridgehead atoms. The molecule has 3 atom stereocenters. The van der Waals surface area contributed by atoms with Gasteiger partial charge in [-0.05, 0) is 25.2 Å². The summed E-state index contributed by atoms with van der Waals surface area (Å²) in [4.78, 5) is 56.8. The number of rotatable bonds is 10. The van der Waals surface area contributed by atoms with Gasteiger partial charge >= 0.3 is 5.97 Å². The van der Waals surface area contributed by atoms with Crippen LogP contribution in [0, 0.1) is 5.92 Å². The molecular weight excluding hydrogens is 392 g/mol. The number of carbonyl (C=O) groups excluding carboxylic acids is 3. The second-order valence-corrected chi connectivity index (χ2v) is 7.88. The van der Waals surface area contributed by atoms with Gasteiger partial charge in [0.2, 0.25) is 17.7 Å². The number of likely N-dealkylation sites (tertiary alicyclic amines) is 1. The summed E-state index contributed by atoms with van der Waals surface area (Å²) in [5, 5.41) is 14.3. The highest BCUT2D eigenvalue weighted by Crippen LogP contribution is 2.17. The van der Waals surface area contributed by atoms with Crippen LogP contribution in [-0.2, 0) is 25.6 Å². The number of carboxylic acids is 1. The van der Waals surface area contributed by atoms with E-state index in [1.54, 1.807) is 0 Å². The van der Waals surface area contributed by atoms with Crippen LogP contribution in [0.4, 0.5) is 0 Å². The van der Waals surface area contributed by atoms with Crippen molar-refractivity contribution in [1.82, 2.24) is 25.5 Å². The van der Waals surface area contributed by atoms with E-state index in [2.05, 4.69) is 20.6 Å². The van der Waals surface area contributed by atoms with Crippen LogP contribution in [0.2, 0.25) is 0 Å². The number of hydrogen-bond donors (Lipinski definition) is 5. The van der Waals surface area contributed by atoms with E-state index in [4.69, 9.17) is 5.73 Å². The summed E-state index contributed by atoms with van der Waals surface area (Å²) in [5.41, 5.74) is 6.54. The highest BCUT2D eigenvalue weighted by molar-refractivity contribution is 5.92. The molecule has 1 aliphatic rings. The largest absolute Gasteiger partial charge is 0.480 e. The van der Waals surface area contributed by atoms with Crippen molar-refractivity contribution >= 4 is 23.7 Å². The molecular formula is C19H30N6O5. The number of hydrogen-bond acceptors (Lipinski definition) is 6. The van der Waals surface area contributed by atoms with E-state index in [1.807, 2.05) is 13.8 Å². The minimum atomic E-state index is -1.06. The van der Waals surface area contributed by atoms with Crippen LogP contribution in [0.5, 0.6) is 0 Å². The molecule has 30 heavy (non-hydrogen) atoms. The predicted octanol–water partition coefficient (Wildman–Crippen LogP) is -0.998. The summed E-state index contributed by atoms with van der Waals surface area (Å²) < 4.78 is 0. The average molecular weight is 422 g/mol. The standard InChI is InChI=1S/C19H30N6O5/c1-11(2)6-13(20)17(27)24-14(7-12-8-21-10-23-12)18(28)22-9-16(26)25-5-3-4-15(25)19(29)30/h8,10-11,13-15H,3-7,9,20H2,1-2H3,(H,21,23)(H,22,28)(H,24,27)(H,29,30). The first-order valence-electron chi connectivity index (χ1n) is 10.0. The van der Waals surface area contributed by atoms with E-state index in [0.717, 1.165) is 0 Å². The summed E-state index contributed by atoms with van der Waals surface area (Å²) in [6.07, 6.45) is 4.59.